The van der Waals surface area contributed by atoms with Crippen molar-refractivity contribution in [2.24, 2.45) is 5.92 Å². The number of carbonyl (C=O) groups excluding carboxylic acids is 2. The van der Waals surface area contributed by atoms with Crippen molar-refractivity contribution in [3.8, 4) is 0 Å². The van der Waals surface area contributed by atoms with Gasteiger partial charge in [0.25, 0.3) is 5.91 Å². The van der Waals surface area contributed by atoms with Gasteiger partial charge in [-0.1, -0.05) is 6.08 Å². The Bertz CT molecular complexity index is 551. The molecule has 1 fully saturated rings. The minimum atomic E-state index is -0.0340. The zero-order chi connectivity index (χ0) is 12.7. The van der Waals surface area contributed by atoms with Gasteiger partial charge < -0.3 is 10.2 Å². The summed E-state index contributed by atoms with van der Waals surface area (Å²) in [4.78, 5) is 25.1. The van der Waals surface area contributed by atoms with Gasteiger partial charge in [-0.25, -0.2) is 0 Å². The third-order valence-corrected chi connectivity index (χ3v) is 3.57. The van der Waals surface area contributed by atoms with E-state index in [1.807, 2.05) is 18.2 Å². The van der Waals surface area contributed by atoms with Crippen LogP contribution in [0.5, 0.6) is 0 Å². The smallest absolute Gasteiger partial charge is 0.251 e. The lowest BCUT2D eigenvalue weighted by Gasteiger charge is -2.17. The van der Waals surface area contributed by atoms with Gasteiger partial charge in [-0.3, -0.25) is 9.59 Å². The zero-order valence-electron chi connectivity index (χ0n) is 9.98. The molecule has 92 valence electrons. The summed E-state index contributed by atoms with van der Waals surface area (Å²) >= 11 is 0. The molecule has 1 N–H and O–H groups in total. The van der Waals surface area contributed by atoms with E-state index in [9.17, 15) is 9.59 Å². The Morgan fingerprint density at radius 1 is 1.39 bits per heavy atom. The first-order valence-corrected chi connectivity index (χ1v) is 6.03. The second-order valence-electron chi connectivity index (χ2n) is 4.73. The van der Waals surface area contributed by atoms with Gasteiger partial charge in [0, 0.05) is 36.7 Å². The van der Waals surface area contributed by atoms with Crippen LogP contribution in [0, 0.1) is 5.92 Å². The summed E-state index contributed by atoms with van der Waals surface area (Å²) in [5, 5.41) is 2.78. The Morgan fingerprint density at radius 2 is 2.22 bits per heavy atom. The van der Waals surface area contributed by atoms with Crippen LogP contribution in [-0.4, -0.2) is 18.4 Å². The average Bonchev–Trinajstić information content (AvgIpc) is 2.93. The fraction of sp³-hybridized carbons (Fsp3) is 0.286. The first kappa shape index (κ1) is 11.0. The van der Waals surface area contributed by atoms with Crippen LogP contribution in [0.25, 0.3) is 0 Å². The lowest BCUT2D eigenvalue weighted by atomic mass is 10.1. The molecular weight excluding hydrogens is 228 g/mol. The molecule has 0 radical (unpaired) electrons. The van der Waals surface area contributed by atoms with Crippen LogP contribution in [0.4, 0.5) is 5.69 Å². The highest BCUT2D eigenvalue weighted by molar-refractivity contribution is 6.00. The van der Waals surface area contributed by atoms with Crippen LogP contribution in [-0.2, 0) is 11.3 Å². The van der Waals surface area contributed by atoms with E-state index in [0.717, 1.165) is 11.3 Å². The number of carbonyl (C=O) groups is 2. The molecule has 18 heavy (non-hydrogen) atoms. The highest BCUT2D eigenvalue weighted by Gasteiger charge is 2.29. The quantitative estimate of drug-likeness (QED) is 0.798. The molecule has 1 aromatic carbocycles. The van der Waals surface area contributed by atoms with Crippen molar-refractivity contribution in [3.63, 3.8) is 0 Å². The summed E-state index contributed by atoms with van der Waals surface area (Å²) in [6.07, 6.45) is 2.36. The number of nitrogens with zero attached hydrogens (tertiary/aromatic N) is 1. The van der Waals surface area contributed by atoms with E-state index in [2.05, 4.69) is 11.9 Å². The molecule has 1 unspecified atom stereocenters. The van der Waals surface area contributed by atoms with Gasteiger partial charge >= 0.3 is 0 Å². The van der Waals surface area contributed by atoms with Gasteiger partial charge in [-0.15, -0.1) is 6.58 Å². The van der Waals surface area contributed by atoms with Crippen LogP contribution in [0.1, 0.15) is 22.3 Å². The molecule has 2 aliphatic heterocycles. The third kappa shape index (κ3) is 1.61. The van der Waals surface area contributed by atoms with Crippen LogP contribution in [0.2, 0.25) is 0 Å². The molecule has 1 saturated heterocycles. The maximum Gasteiger partial charge on any atom is 0.251 e. The number of benzene rings is 1. The SMILES string of the molecule is C=CC1CC(=O)N(c2ccc3c(c2)CNC3=O)C1. The fourth-order valence-corrected chi connectivity index (χ4v) is 2.53. The van der Waals surface area contributed by atoms with E-state index in [1.165, 1.54) is 0 Å². The Hall–Kier alpha value is -2.10. The molecule has 2 aliphatic rings. The molecule has 0 bridgehead atoms. The number of anilines is 1. The summed E-state index contributed by atoms with van der Waals surface area (Å²) in [5.74, 6) is 0.316. The molecule has 0 aromatic heterocycles. The maximum absolute atomic E-state index is 11.9. The normalized spacial score (nSPS) is 22.0. The predicted molar refractivity (Wildman–Crippen MR) is 68.3 cm³/mol. The first-order valence-electron chi connectivity index (χ1n) is 6.03. The van der Waals surface area contributed by atoms with Gasteiger partial charge in [0.15, 0.2) is 0 Å². The molecule has 0 aliphatic carbocycles. The van der Waals surface area contributed by atoms with E-state index < -0.39 is 0 Å². The highest BCUT2D eigenvalue weighted by Crippen LogP contribution is 2.28. The maximum atomic E-state index is 11.9. The van der Waals surface area contributed by atoms with Crippen molar-refractivity contribution in [1.82, 2.24) is 5.32 Å². The summed E-state index contributed by atoms with van der Waals surface area (Å²) in [7, 11) is 0. The van der Waals surface area contributed by atoms with Gasteiger partial charge in [0.1, 0.15) is 0 Å². The van der Waals surface area contributed by atoms with Crippen molar-refractivity contribution in [3.05, 3.63) is 42.0 Å². The van der Waals surface area contributed by atoms with Gasteiger partial charge in [-0.05, 0) is 23.8 Å². The van der Waals surface area contributed by atoms with Crippen molar-refractivity contribution >= 4 is 17.5 Å². The number of nitrogens with one attached hydrogen (secondary N) is 1. The standard InChI is InChI=1S/C14H14N2O2/c1-2-9-5-13(17)16(8-9)11-3-4-12-10(6-11)7-15-14(12)18/h2-4,6,9H,1,5,7-8H2,(H,15,18). The highest BCUT2D eigenvalue weighted by atomic mass is 16.2. The number of fused-ring (bicyclic) bond motifs is 1. The molecule has 4 nitrogen and oxygen atoms in total. The largest absolute Gasteiger partial charge is 0.348 e. The molecule has 1 atom stereocenters. The third-order valence-electron chi connectivity index (χ3n) is 3.57. The number of amides is 2. The minimum Gasteiger partial charge on any atom is -0.348 e. The minimum absolute atomic E-state index is 0.0340. The van der Waals surface area contributed by atoms with Gasteiger partial charge in [0.2, 0.25) is 5.91 Å². The summed E-state index contributed by atoms with van der Waals surface area (Å²) < 4.78 is 0. The number of hydrogen-bond acceptors (Lipinski definition) is 2. The van der Waals surface area contributed by atoms with E-state index in [-0.39, 0.29) is 17.7 Å². The van der Waals surface area contributed by atoms with Crippen LogP contribution < -0.4 is 10.2 Å². The summed E-state index contributed by atoms with van der Waals surface area (Å²) in [6.45, 7) is 4.97. The monoisotopic (exact) mass is 242 g/mol. The van der Waals surface area contributed by atoms with Gasteiger partial charge in [-0.2, -0.15) is 0 Å². The van der Waals surface area contributed by atoms with E-state index in [4.69, 9.17) is 0 Å². The Kier molecular flexibility index (Phi) is 2.44. The van der Waals surface area contributed by atoms with Crippen LogP contribution in [0.15, 0.2) is 30.9 Å². The average molecular weight is 242 g/mol. The topological polar surface area (TPSA) is 49.4 Å². The number of rotatable bonds is 2. The summed E-state index contributed by atoms with van der Waals surface area (Å²) in [6, 6.07) is 5.56. The summed E-state index contributed by atoms with van der Waals surface area (Å²) in [5.41, 5.74) is 2.55. The zero-order valence-corrected chi connectivity index (χ0v) is 9.98. The molecule has 4 heteroatoms. The van der Waals surface area contributed by atoms with E-state index in [0.29, 0.717) is 25.1 Å². The first-order chi connectivity index (χ1) is 8.69. The van der Waals surface area contributed by atoms with Crippen molar-refractivity contribution in [2.75, 3.05) is 11.4 Å². The lowest BCUT2D eigenvalue weighted by molar-refractivity contribution is -0.117. The molecule has 3 rings (SSSR count). The van der Waals surface area contributed by atoms with Crippen molar-refractivity contribution < 1.29 is 9.59 Å². The Balaban J connectivity index is 1.92. The number of hydrogen-bond donors (Lipinski definition) is 1. The van der Waals surface area contributed by atoms with Crippen LogP contribution >= 0.6 is 0 Å². The van der Waals surface area contributed by atoms with Gasteiger partial charge in [0.05, 0.1) is 0 Å². The Labute approximate surface area is 105 Å². The molecule has 0 saturated carbocycles. The van der Waals surface area contributed by atoms with Crippen molar-refractivity contribution in [1.29, 1.82) is 0 Å². The second-order valence-corrected chi connectivity index (χ2v) is 4.73. The second kappa shape index (κ2) is 3.98. The molecule has 1 aromatic rings. The fourth-order valence-electron chi connectivity index (χ4n) is 2.53. The van der Waals surface area contributed by atoms with E-state index in [1.54, 1.807) is 11.0 Å². The predicted octanol–water partition coefficient (Wildman–Crippen LogP) is 1.47. The van der Waals surface area contributed by atoms with Crippen molar-refractivity contribution in [2.45, 2.75) is 13.0 Å². The molecule has 0 spiro atoms. The van der Waals surface area contributed by atoms with E-state index >= 15 is 0 Å². The van der Waals surface area contributed by atoms with Crippen LogP contribution in [0.3, 0.4) is 0 Å². The molecule has 2 heterocycles. The lowest BCUT2D eigenvalue weighted by Crippen LogP contribution is -2.24. The Morgan fingerprint density at radius 3 is 2.94 bits per heavy atom. The molecule has 2 amide bonds. The molecular formula is C14H14N2O2.